The standard InChI is InChI=1S/C18H19FN2O3/c1-11-6-7-12(10-15(11)19)20-16(22)8-9-21-17(23)13-4-2-3-5-14(13)18(21)24/h2-3,6-7,10,13-14H,4-5,8-9H2,1H3,(H,20,22)/t13-,14-/m0/s1. The van der Waals surface area contributed by atoms with Gasteiger partial charge in [0.25, 0.3) is 0 Å². The summed E-state index contributed by atoms with van der Waals surface area (Å²) in [5.41, 5.74) is 0.859. The molecule has 6 heteroatoms. The molecule has 2 atom stereocenters. The average Bonchev–Trinajstić information content (AvgIpc) is 2.81. The molecule has 0 saturated carbocycles. The van der Waals surface area contributed by atoms with Gasteiger partial charge in [-0.15, -0.1) is 0 Å². The zero-order chi connectivity index (χ0) is 17.3. The van der Waals surface area contributed by atoms with E-state index in [0.29, 0.717) is 24.1 Å². The van der Waals surface area contributed by atoms with Crippen LogP contribution >= 0.6 is 0 Å². The van der Waals surface area contributed by atoms with E-state index in [1.807, 2.05) is 12.2 Å². The van der Waals surface area contributed by atoms with Gasteiger partial charge in [0.15, 0.2) is 0 Å². The van der Waals surface area contributed by atoms with Crippen molar-refractivity contribution in [1.82, 2.24) is 4.90 Å². The lowest BCUT2D eigenvalue weighted by molar-refractivity contribution is -0.140. The summed E-state index contributed by atoms with van der Waals surface area (Å²) in [6, 6.07) is 4.44. The van der Waals surface area contributed by atoms with Gasteiger partial charge in [0.1, 0.15) is 5.82 Å². The molecule has 1 aromatic rings. The molecule has 5 nitrogen and oxygen atoms in total. The number of likely N-dealkylation sites (tertiary alicyclic amines) is 1. The van der Waals surface area contributed by atoms with Crippen LogP contribution in [0.15, 0.2) is 30.4 Å². The minimum atomic E-state index is -0.394. The SMILES string of the molecule is Cc1ccc(NC(=O)CCN2C(=O)[C@H]3CC=CC[C@@H]3C2=O)cc1F. The number of rotatable bonds is 4. The number of allylic oxidation sites excluding steroid dienone is 2. The summed E-state index contributed by atoms with van der Waals surface area (Å²) in [5.74, 6) is -1.69. The predicted molar refractivity (Wildman–Crippen MR) is 86.5 cm³/mol. The molecule has 1 saturated heterocycles. The molecule has 3 amide bonds. The smallest absolute Gasteiger partial charge is 0.233 e. The summed E-state index contributed by atoms with van der Waals surface area (Å²) >= 11 is 0. The van der Waals surface area contributed by atoms with Crippen molar-refractivity contribution in [3.05, 3.63) is 41.7 Å². The van der Waals surface area contributed by atoms with Crippen molar-refractivity contribution in [2.45, 2.75) is 26.2 Å². The summed E-state index contributed by atoms with van der Waals surface area (Å²) in [6.07, 6.45) is 5.02. The Kier molecular flexibility index (Phi) is 4.46. The largest absolute Gasteiger partial charge is 0.326 e. The van der Waals surface area contributed by atoms with Crippen LogP contribution in [0.1, 0.15) is 24.8 Å². The Morgan fingerprint density at radius 1 is 1.21 bits per heavy atom. The van der Waals surface area contributed by atoms with E-state index in [2.05, 4.69) is 5.32 Å². The first-order valence-corrected chi connectivity index (χ1v) is 8.03. The molecule has 1 fully saturated rings. The first-order valence-electron chi connectivity index (χ1n) is 8.03. The van der Waals surface area contributed by atoms with Gasteiger partial charge in [-0.3, -0.25) is 19.3 Å². The monoisotopic (exact) mass is 330 g/mol. The van der Waals surface area contributed by atoms with Crippen molar-refractivity contribution < 1.29 is 18.8 Å². The molecule has 1 heterocycles. The van der Waals surface area contributed by atoms with E-state index in [1.165, 1.54) is 11.0 Å². The van der Waals surface area contributed by atoms with Gasteiger partial charge in [-0.1, -0.05) is 18.2 Å². The van der Waals surface area contributed by atoms with Crippen molar-refractivity contribution in [2.24, 2.45) is 11.8 Å². The molecule has 24 heavy (non-hydrogen) atoms. The van der Waals surface area contributed by atoms with Gasteiger partial charge in [-0.25, -0.2) is 4.39 Å². The molecule has 0 bridgehead atoms. The highest BCUT2D eigenvalue weighted by molar-refractivity contribution is 6.05. The number of benzene rings is 1. The van der Waals surface area contributed by atoms with Gasteiger partial charge in [0.2, 0.25) is 17.7 Å². The molecule has 0 unspecified atom stereocenters. The summed E-state index contributed by atoms with van der Waals surface area (Å²) in [7, 11) is 0. The highest BCUT2D eigenvalue weighted by Crippen LogP contribution is 2.35. The van der Waals surface area contributed by atoms with Crippen LogP contribution in [0, 0.1) is 24.6 Å². The highest BCUT2D eigenvalue weighted by Gasteiger charge is 2.46. The van der Waals surface area contributed by atoms with E-state index < -0.39 is 5.82 Å². The third-order valence-corrected chi connectivity index (χ3v) is 4.62. The van der Waals surface area contributed by atoms with Crippen LogP contribution in [0.2, 0.25) is 0 Å². The summed E-state index contributed by atoms with van der Waals surface area (Å²) in [4.78, 5) is 37.8. The number of carbonyl (C=O) groups is 3. The molecule has 0 aromatic heterocycles. The first kappa shape index (κ1) is 16.4. The van der Waals surface area contributed by atoms with Crippen molar-refractivity contribution in [3.8, 4) is 0 Å². The number of nitrogens with zero attached hydrogens (tertiary/aromatic N) is 1. The normalized spacial score (nSPS) is 22.7. The van der Waals surface area contributed by atoms with E-state index in [-0.39, 0.29) is 42.5 Å². The molecule has 0 spiro atoms. The van der Waals surface area contributed by atoms with Gasteiger partial charge >= 0.3 is 0 Å². The summed E-state index contributed by atoms with van der Waals surface area (Å²) in [6.45, 7) is 1.70. The maximum absolute atomic E-state index is 13.5. The molecule has 1 aliphatic heterocycles. The molecule has 0 radical (unpaired) electrons. The number of hydrogen-bond donors (Lipinski definition) is 1. The van der Waals surface area contributed by atoms with Gasteiger partial charge in [-0.2, -0.15) is 0 Å². The predicted octanol–water partition coefficient (Wildman–Crippen LogP) is 2.41. The lowest BCUT2D eigenvalue weighted by Gasteiger charge is -2.14. The molecule has 1 aromatic carbocycles. The maximum Gasteiger partial charge on any atom is 0.233 e. The molecule has 2 aliphatic rings. The summed E-state index contributed by atoms with van der Waals surface area (Å²) < 4.78 is 13.5. The van der Waals surface area contributed by atoms with Crippen molar-refractivity contribution in [3.63, 3.8) is 0 Å². The van der Waals surface area contributed by atoms with Crippen LogP contribution in [0.4, 0.5) is 10.1 Å². The van der Waals surface area contributed by atoms with Gasteiger partial charge in [-0.05, 0) is 37.5 Å². The van der Waals surface area contributed by atoms with Crippen LogP contribution < -0.4 is 5.32 Å². The number of carbonyl (C=O) groups excluding carboxylic acids is 3. The van der Waals surface area contributed by atoms with Crippen LogP contribution in [-0.2, 0) is 14.4 Å². The zero-order valence-corrected chi connectivity index (χ0v) is 13.4. The molecule has 126 valence electrons. The number of amides is 3. The number of aryl methyl sites for hydroxylation is 1. The fraction of sp³-hybridized carbons (Fsp3) is 0.389. The third-order valence-electron chi connectivity index (χ3n) is 4.62. The quantitative estimate of drug-likeness (QED) is 0.681. The lowest BCUT2D eigenvalue weighted by atomic mass is 9.85. The Hall–Kier alpha value is -2.50. The second-order valence-electron chi connectivity index (χ2n) is 6.25. The van der Waals surface area contributed by atoms with Crippen LogP contribution in [0.5, 0.6) is 0 Å². The van der Waals surface area contributed by atoms with E-state index in [4.69, 9.17) is 0 Å². The van der Waals surface area contributed by atoms with E-state index >= 15 is 0 Å². The number of fused-ring (bicyclic) bond motifs is 1. The zero-order valence-electron chi connectivity index (χ0n) is 13.4. The average molecular weight is 330 g/mol. The van der Waals surface area contributed by atoms with E-state index in [0.717, 1.165) is 0 Å². The Morgan fingerprint density at radius 2 is 1.83 bits per heavy atom. The Bertz CT molecular complexity index is 703. The van der Waals surface area contributed by atoms with Crippen LogP contribution in [-0.4, -0.2) is 29.2 Å². The van der Waals surface area contributed by atoms with Crippen molar-refractivity contribution in [2.75, 3.05) is 11.9 Å². The van der Waals surface area contributed by atoms with Gasteiger partial charge in [0.05, 0.1) is 11.8 Å². The van der Waals surface area contributed by atoms with E-state index in [1.54, 1.807) is 19.1 Å². The van der Waals surface area contributed by atoms with Gasteiger partial charge < -0.3 is 5.32 Å². The number of hydrogen-bond acceptors (Lipinski definition) is 3. The van der Waals surface area contributed by atoms with E-state index in [9.17, 15) is 18.8 Å². The number of nitrogens with one attached hydrogen (secondary N) is 1. The maximum atomic E-state index is 13.5. The number of anilines is 1. The third kappa shape index (κ3) is 3.09. The molecular weight excluding hydrogens is 311 g/mol. The highest BCUT2D eigenvalue weighted by atomic mass is 19.1. The molecular formula is C18H19FN2O3. The molecule has 1 aliphatic carbocycles. The van der Waals surface area contributed by atoms with Crippen LogP contribution in [0.25, 0.3) is 0 Å². The van der Waals surface area contributed by atoms with Crippen molar-refractivity contribution in [1.29, 1.82) is 0 Å². The first-order chi connectivity index (χ1) is 11.5. The number of halogens is 1. The fourth-order valence-corrected chi connectivity index (χ4v) is 3.20. The minimum Gasteiger partial charge on any atom is -0.326 e. The second kappa shape index (κ2) is 6.55. The Morgan fingerprint density at radius 3 is 2.42 bits per heavy atom. The fourth-order valence-electron chi connectivity index (χ4n) is 3.20. The molecule has 3 rings (SSSR count). The summed E-state index contributed by atoms with van der Waals surface area (Å²) in [5, 5.41) is 2.59. The lowest BCUT2D eigenvalue weighted by Crippen LogP contribution is -2.34. The Labute approximate surface area is 139 Å². The molecule has 1 N–H and O–H groups in total. The van der Waals surface area contributed by atoms with Crippen molar-refractivity contribution >= 4 is 23.4 Å². The second-order valence-corrected chi connectivity index (χ2v) is 6.25. The van der Waals surface area contributed by atoms with Gasteiger partial charge in [0, 0.05) is 18.7 Å². The van der Waals surface area contributed by atoms with Crippen LogP contribution in [0.3, 0.4) is 0 Å². The topological polar surface area (TPSA) is 66.5 Å². The Balaban J connectivity index is 1.57. The minimum absolute atomic E-state index is 0.000155. The number of imide groups is 1.